The van der Waals surface area contributed by atoms with E-state index < -0.39 is 17.0 Å². The van der Waals surface area contributed by atoms with Crippen LogP contribution in [0.1, 0.15) is 72.6 Å². The van der Waals surface area contributed by atoms with Crippen LogP contribution in [0.2, 0.25) is 0 Å². The van der Waals surface area contributed by atoms with E-state index in [1.807, 2.05) is 6.08 Å². The van der Waals surface area contributed by atoms with Gasteiger partial charge in [0.15, 0.2) is 12.4 Å². The third kappa shape index (κ3) is 2.87. The van der Waals surface area contributed by atoms with Crippen molar-refractivity contribution < 1.29 is 24.2 Å². The van der Waals surface area contributed by atoms with Crippen molar-refractivity contribution in [2.24, 2.45) is 34.5 Å². The summed E-state index contributed by atoms with van der Waals surface area (Å²) < 4.78 is 4.94. The molecule has 29 heavy (non-hydrogen) atoms. The molecule has 0 radical (unpaired) electrons. The van der Waals surface area contributed by atoms with E-state index in [4.69, 9.17) is 4.74 Å². The highest BCUT2D eigenvalue weighted by Gasteiger charge is 2.66. The quantitative estimate of drug-likeness (QED) is 0.729. The number of hydrogen-bond donors (Lipinski definition) is 1. The molecule has 1 N–H and O–H groups in total. The van der Waals surface area contributed by atoms with Gasteiger partial charge in [0, 0.05) is 18.8 Å². The number of carbonyl (C=O) groups is 3. The van der Waals surface area contributed by atoms with Gasteiger partial charge in [0.1, 0.15) is 5.60 Å². The van der Waals surface area contributed by atoms with Crippen LogP contribution in [0.3, 0.4) is 0 Å². The van der Waals surface area contributed by atoms with Gasteiger partial charge in [-0.3, -0.25) is 14.4 Å². The van der Waals surface area contributed by atoms with Crippen LogP contribution < -0.4 is 0 Å². The molecular weight excluding hydrogens is 368 g/mol. The number of ketones is 2. The molecule has 0 spiro atoms. The number of ether oxygens (including phenoxy) is 1. The highest BCUT2D eigenvalue weighted by molar-refractivity contribution is 5.92. The Balaban J connectivity index is 1.64. The van der Waals surface area contributed by atoms with Crippen LogP contribution in [0.15, 0.2) is 11.6 Å². The second kappa shape index (κ2) is 6.76. The summed E-state index contributed by atoms with van der Waals surface area (Å²) >= 11 is 0. The monoisotopic (exact) mass is 402 g/mol. The topological polar surface area (TPSA) is 80.7 Å². The first-order valence-electron chi connectivity index (χ1n) is 11.2. The highest BCUT2D eigenvalue weighted by atomic mass is 16.5. The van der Waals surface area contributed by atoms with Gasteiger partial charge >= 0.3 is 5.97 Å². The SMILES string of the molecule is CC(=O)OCC(=O)[C@@]1(O)CCC2C3C[C@H](C)C4=CC(=O)CCC4(C)C3CCC21C. The summed E-state index contributed by atoms with van der Waals surface area (Å²) in [6.45, 7) is 7.60. The molecule has 4 rings (SSSR count). The molecule has 4 aliphatic rings. The van der Waals surface area contributed by atoms with Gasteiger partial charge in [0.2, 0.25) is 5.78 Å². The zero-order chi connectivity index (χ0) is 21.2. The molecule has 7 atom stereocenters. The summed E-state index contributed by atoms with van der Waals surface area (Å²) in [6, 6.07) is 0. The van der Waals surface area contributed by atoms with Crippen molar-refractivity contribution in [3.8, 4) is 0 Å². The lowest BCUT2D eigenvalue weighted by Gasteiger charge is -2.60. The summed E-state index contributed by atoms with van der Waals surface area (Å²) in [7, 11) is 0. The second-order valence-corrected chi connectivity index (χ2v) is 10.6. The van der Waals surface area contributed by atoms with Crippen molar-refractivity contribution in [2.45, 2.75) is 78.2 Å². The molecule has 5 nitrogen and oxygen atoms in total. The number of rotatable bonds is 3. The molecule has 0 heterocycles. The predicted octanol–water partition coefficient (Wildman–Crippen LogP) is 3.63. The van der Waals surface area contributed by atoms with Crippen molar-refractivity contribution in [1.29, 1.82) is 0 Å². The van der Waals surface area contributed by atoms with Gasteiger partial charge in [-0.2, -0.15) is 0 Å². The summed E-state index contributed by atoms with van der Waals surface area (Å²) in [4.78, 5) is 36.2. The zero-order valence-corrected chi connectivity index (χ0v) is 18.1. The fourth-order valence-electron chi connectivity index (χ4n) is 7.75. The Morgan fingerprint density at radius 2 is 1.86 bits per heavy atom. The summed E-state index contributed by atoms with van der Waals surface area (Å²) in [5.74, 6) is 1.01. The average molecular weight is 403 g/mol. The first kappa shape index (κ1) is 20.8. The van der Waals surface area contributed by atoms with Gasteiger partial charge in [-0.25, -0.2) is 0 Å². The lowest BCUT2D eigenvalue weighted by Crippen LogP contribution is -2.58. The number of fused-ring (bicyclic) bond motifs is 5. The molecular formula is C24H34O5. The van der Waals surface area contributed by atoms with Gasteiger partial charge < -0.3 is 9.84 Å². The lowest BCUT2D eigenvalue weighted by molar-refractivity contribution is -0.170. The molecule has 0 saturated heterocycles. The minimum atomic E-state index is -1.42. The predicted molar refractivity (Wildman–Crippen MR) is 108 cm³/mol. The first-order valence-corrected chi connectivity index (χ1v) is 11.2. The van der Waals surface area contributed by atoms with E-state index in [0.29, 0.717) is 30.6 Å². The molecule has 5 unspecified atom stereocenters. The maximum atomic E-state index is 12.9. The van der Waals surface area contributed by atoms with E-state index in [2.05, 4.69) is 20.8 Å². The largest absolute Gasteiger partial charge is 0.458 e. The molecule has 0 aromatic heterocycles. The minimum absolute atomic E-state index is 0.0556. The molecule has 5 heteroatoms. The van der Waals surface area contributed by atoms with Crippen LogP contribution in [0.4, 0.5) is 0 Å². The minimum Gasteiger partial charge on any atom is -0.458 e. The molecule has 0 bridgehead atoms. The lowest BCUT2D eigenvalue weighted by atomic mass is 9.44. The van der Waals surface area contributed by atoms with Crippen molar-refractivity contribution in [2.75, 3.05) is 6.61 Å². The fourth-order valence-corrected chi connectivity index (χ4v) is 7.75. The van der Waals surface area contributed by atoms with Gasteiger partial charge in [-0.15, -0.1) is 0 Å². The number of esters is 1. The Labute approximate surface area is 173 Å². The van der Waals surface area contributed by atoms with E-state index in [9.17, 15) is 19.5 Å². The van der Waals surface area contributed by atoms with Crippen molar-refractivity contribution >= 4 is 17.5 Å². The van der Waals surface area contributed by atoms with E-state index in [-0.39, 0.29) is 29.5 Å². The maximum Gasteiger partial charge on any atom is 0.303 e. The molecule has 3 fully saturated rings. The standard InChI is InChI=1S/C24H34O5/c1-14-11-17-18(22(3)8-5-16(26)12-20(14)22)6-9-23(4)19(17)7-10-24(23,28)21(27)13-29-15(2)25/h12,14,17-19,28H,5-11,13H2,1-4H3/t14-,17?,18?,19?,22?,23?,24-/m0/s1. The number of hydrogen-bond acceptors (Lipinski definition) is 5. The average Bonchev–Trinajstić information content (AvgIpc) is 2.94. The summed E-state index contributed by atoms with van der Waals surface area (Å²) in [5.41, 5.74) is -0.508. The van der Waals surface area contributed by atoms with Gasteiger partial charge in [0.05, 0.1) is 0 Å². The fraction of sp³-hybridized carbons (Fsp3) is 0.792. The van der Waals surface area contributed by atoms with Gasteiger partial charge in [-0.1, -0.05) is 26.3 Å². The van der Waals surface area contributed by atoms with Crippen molar-refractivity contribution in [3.05, 3.63) is 11.6 Å². The summed E-state index contributed by atoms with van der Waals surface area (Å²) in [6.07, 6.45) is 7.54. The number of Topliss-reactive ketones (excluding diaryl/α,β-unsaturated/α-hetero) is 1. The zero-order valence-electron chi connectivity index (χ0n) is 18.1. The summed E-state index contributed by atoms with van der Waals surface area (Å²) in [5, 5.41) is 11.5. The van der Waals surface area contributed by atoms with Crippen LogP contribution in [-0.2, 0) is 19.1 Å². The molecule has 0 amide bonds. The number of carbonyl (C=O) groups excluding carboxylic acids is 3. The van der Waals surface area contributed by atoms with E-state index in [1.54, 1.807) is 0 Å². The van der Waals surface area contributed by atoms with Crippen LogP contribution in [0.25, 0.3) is 0 Å². The third-order valence-corrected chi connectivity index (χ3v) is 9.30. The molecule has 4 aliphatic carbocycles. The normalized spacial score (nSPS) is 46.2. The second-order valence-electron chi connectivity index (χ2n) is 10.6. The Bertz CT molecular complexity index is 784. The smallest absolute Gasteiger partial charge is 0.303 e. The first-order chi connectivity index (χ1) is 13.5. The van der Waals surface area contributed by atoms with Crippen LogP contribution in [-0.4, -0.2) is 34.9 Å². The molecule has 160 valence electrons. The third-order valence-electron chi connectivity index (χ3n) is 9.30. The Morgan fingerprint density at radius 1 is 1.17 bits per heavy atom. The maximum absolute atomic E-state index is 12.9. The number of allylic oxidation sites excluding steroid dienone is 1. The van der Waals surface area contributed by atoms with Gasteiger partial charge in [-0.05, 0) is 73.7 Å². The van der Waals surface area contributed by atoms with Crippen LogP contribution >= 0.6 is 0 Å². The van der Waals surface area contributed by atoms with Gasteiger partial charge in [0.25, 0.3) is 0 Å². The molecule has 0 aliphatic heterocycles. The Morgan fingerprint density at radius 3 is 2.55 bits per heavy atom. The molecule has 0 aromatic rings. The van der Waals surface area contributed by atoms with Crippen LogP contribution in [0.5, 0.6) is 0 Å². The molecule has 3 saturated carbocycles. The van der Waals surface area contributed by atoms with Crippen molar-refractivity contribution in [3.63, 3.8) is 0 Å². The molecule has 0 aromatic carbocycles. The van der Waals surface area contributed by atoms with E-state index in [0.717, 1.165) is 32.1 Å². The Kier molecular flexibility index (Phi) is 4.84. The Hall–Kier alpha value is -1.49. The number of aliphatic hydroxyl groups is 1. The highest BCUT2D eigenvalue weighted by Crippen LogP contribution is 2.68. The van der Waals surface area contributed by atoms with E-state index >= 15 is 0 Å². The van der Waals surface area contributed by atoms with E-state index in [1.165, 1.54) is 12.5 Å². The van der Waals surface area contributed by atoms with Crippen LogP contribution in [0, 0.1) is 34.5 Å². The van der Waals surface area contributed by atoms with Crippen molar-refractivity contribution in [1.82, 2.24) is 0 Å².